The van der Waals surface area contributed by atoms with E-state index >= 15 is 0 Å². The predicted molar refractivity (Wildman–Crippen MR) is 125 cm³/mol. The van der Waals surface area contributed by atoms with Crippen LogP contribution in [0.3, 0.4) is 0 Å². The molecule has 0 aromatic heterocycles. The lowest BCUT2D eigenvalue weighted by Gasteiger charge is -2.23. The molecule has 0 spiro atoms. The van der Waals surface area contributed by atoms with Gasteiger partial charge in [-0.05, 0) is 48.0 Å². The van der Waals surface area contributed by atoms with Gasteiger partial charge in [0.1, 0.15) is 11.9 Å². The lowest BCUT2D eigenvalue weighted by atomic mass is 9.96. The quantitative estimate of drug-likeness (QED) is 0.307. The van der Waals surface area contributed by atoms with E-state index in [2.05, 4.69) is 10.6 Å². The van der Waals surface area contributed by atoms with Gasteiger partial charge in [0.2, 0.25) is 5.91 Å². The van der Waals surface area contributed by atoms with Crippen LogP contribution in [0.4, 0.5) is 21.9 Å². The molecule has 7 heteroatoms. The molecule has 0 fully saturated rings. The van der Waals surface area contributed by atoms with E-state index < -0.39 is 12.2 Å². The maximum atomic E-state index is 12.5. The minimum atomic E-state index is -0.690. The summed E-state index contributed by atoms with van der Waals surface area (Å²) in [6, 6.07) is 22.3. The first kappa shape index (κ1) is 22.4. The van der Waals surface area contributed by atoms with Crippen molar-refractivity contribution < 1.29 is 19.4 Å². The number of carbonyl (C=O) groups excluding carboxylic acids is 2. The fourth-order valence-corrected chi connectivity index (χ4v) is 3.05. The van der Waals surface area contributed by atoms with Crippen molar-refractivity contribution in [3.05, 3.63) is 96.6 Å². The number of hydrogen-bond acceptors (Lipinski definition) is 5. The summed E-state index contributed by atoms with van der Waals surface area (Å²) >= 11 is 0. The first-order valence-electron chi connectivity index (χ1n) is 10.1. The number of nitrogen functional groups attached to an aromatic ring is 1. The van der Waals surface area contributed by atoms with Crippen LogP contribution in [0.2, 0.25) is 0 Å². The Kier molecular flexibility index (Phi) is 7.48. The summed E-state index contributed by atoms with van der Waals surface area (Å²) in [5.74, 6) is -0.600. The Balaban J connectivity index is 1.72. The molecule has 0 bridgehead atoms. The Labute approximate surface area is 186 Å². The number of phenols is 1. The van der Waals surface area contributed by atoms with Crippen molar-refractivity contribution in [2.75, 3.05) is 16.4 Å². The lowest BCUT2D eigenvalue weighted by molar-refractivity contribution is -0.111. The molecule has 2 amide bonds. The number of amides is 2. The fraction of sp³-hybridized carbons (Fsp3) is 0.120. The lowest BCUT2D eigenvalue weighted by Crippen LogP contribution is -2.21. The molecule has 0 heterocycles. The van der Waals surface area contributed by atoms with Crippen molar-refractivity contribution in [3.8, 4) is 5.75 Å². The van der Waals surface area contributed by atoms with Gasteiger partial charge in [-0.2, -0.15) is 0 Å². The standard InChI is InChI=1S/C25H25N3O4/c1-17(11-16-23(30)28-22-10-6-5-9-21(22)26)24(18-12-14-20(29)15-13-18)32-25(31)27-19-7-3-2-4-8-19/h2-17,24,29H,26H2,1H3,(H,27,31)(H,28,30)/b16-11+/t17-,24-/m0/s1. The van der Waals surface area contributed by atoms with Gasteiger partial charge in [-0.1, -0.05) is 55.5 Å². The zero-order valence-electron chi connectivity index (χ0n) is 17.6. The number of aromatic hydroxyl groups is 1. The summed E-state index contributed by atoms with van der Waals surface area (Å²) < 4.78 is 5.68. The van der Waals surface area contributed by atoms with Gasteiger partial charge in [0.05, 0.1) is 11.4 Å². The van der Waals surface area contributed by atoms with Crippen LogP contribution in [-0.2, 0) is 9.53 Å². The van der Waals surface area contributed by atoms with Gasteiger partial charge in [0.15, 0.2) is 0 Å². The second-order valence-electron chi connectivity index (χ2n) is 7.20. The van der Waals surface area contributed by atoms with Crippen molar-refractivity contribution in [3.63, 3.8) is 0 Å². The van der Waals surface area contributed by atoms with E-state index in [1.54, 1.807) is 66.7 Å². The van der Waals surface area contributed by atoms with E-state index in [1.165, 1.54) is 18.2 Å². The van der Waals surface area contributed by atoms with E-state index in [0.717, 1.165) is 0 Å². The van der Waals surface area contributed by atoms with Crippen LogP contribution >= 0.6 is 0 Å². The number of para-hydroxylation sites is 3. The zero-order valence-corrected chi connectivity index (χ0v) is 17.6. The molecule has 0 unspecified atom stereocenters. The number of anilines is 3. The fourth-order valence-electron chi connectivity index (χ4n) is 3.05. The Morgan fingerprint density at radius 3 is 2.28 bits per heavy atom. The monoisotopic (exact) mass is 431 g/mol. The van der Waals surface area contributed by atoms with E-state index in [0.29, 0.717) is 22.6 Å². The summed E-state index contributed by atoms with van der Waals surface area (Å²) in [5, 5.41) is 15.0. The molecular weight excluding hydrogens is 406 g/mol. The van der Waals surface area contributed by atoms with Gasteiger partial charge >= 0.3 is 6.09 Å². The van der Waals surface area contributed by atoms with Gasteiger partial charge < -0.3 is 20.9 Å². The average molecular weight is 431 g/mol. The molecule has 0 aliphatic carbocycles. The van der Waals surface area contributed by atoms with Gasteiger partial charge in [-0.3, -0.25) is 10.1 Å². The van der Waals surface area contributed by atoms with Crippen molar-refractivity contribution in [2.45, 2.75) is 13.0 Å². The third-order valence-electron chi connectivity index (χ3n) is 4.72. The van der Waals surface area contributed by atoms with E-state index in [9.17, 15) is 14.7 Å². The number of ether oxygens (including phenoxy) is 1. The molecule has 2 atom stereocenters. The number of rotatable bonds is 7. The summed E-state index contributed by atoms with van der Waals surface area (Å²) in [7, 11) is 0. The number of nitrogens with one attached hydrogen (secondary N) is 2. The maximum absolute atomic E-state index is 12.5. The largest absolute Gasteiger partial charge is 0.508 e. The molecule has 32 heavy (non-hydrogen) atoms. The van der Waals surface area contributed by atoms with Crippen LogP contribution in [0, 0.1) is 5.92 Å². The molecular formula is C25H25N3O4. The van der Waals surface area contributed by atoms with Crippen LogP contribution in [0.1, 0.15) is 18.6 Å². The number of phenolic OH excluding ortho intramolecular Hbond substituents is 1. The predicted octanol–water partition coefficient (Wildman–Crippen LogP) is 5.10. The highest BCUT2D eigenvalue weighted by molar-refractivity contribution is 6.01. The minimum Gasteiger partial charge on any atom is -0.508 e. The summed E-state index contributed by atoms with van der Waals surface area (Å²) in [6.07, 6.45) is 1.71. The van der Waals surface area contributed by atoms with Crippen molar-refractivity contribution in [1.29, 1.82) is 0 Å². The van der Waals surface area contributed by atoms with Gasteiger partial charge in [0, 0.05) is 11.6 Å². The second kappa shape index (κ2) is 10.7. The minimum absolute atomic E-state index is 0.101. The van der Waals surface area contributed by atoms with E-state index in [1.807, 2.05) is 13.0 Å². The molecule has 7 nitrogen and oxygen atoms in total. The molecule has 0 aliphatic rings. The number of nitrogens with two attached hydrogens (primary N) is 1. The average Bonchev–Trinajstić information content (AvgIpc) is 2.79. The first-order valence-corrected chi connectivity index (χ1v) is 10.1. The van der Waals surface area contributed by atoms with Gasteiger partial charge in [-0.25, -0.2) is 4.79 Å². The van der Waals surface area contributed by atoms with Crippen molar-refractivity contribution >= 4 is 29.1 Å². The molecule has 5 N–H and O–H groups in total. The normalized spacial score (nSPS) is 12.7. The third kappa shape index (κ3) is 6.37. The molecule has 3 aromatic rings. The van der Waals surface area contributed by atoms with E-state index in [4.69, 9.17) is 10.5 Å². The third-order valence-corrected chi connectivity index (χ3v) is 4.72. The summed E-state index contributed by atoms with van der Waals surface area (Å²) in [4.78, 5) is 24.8. The first-order chi connectivity index (χ1) is 15.4. The summed E-state index contributed by atoms with van der Waals surface area (Å²) in [5.41, 5.74) is 8.11. The van der Waals surface area contributed by atoms with Crippen LogP contribution in [0.15, 0.2) is 91.0 Å². The van der Waals surface area contributed by atoms with Gasteiger partial charge in [-0.15, -0.1) is 0 Å². The Morgan fingerprint density at radius 2 is 1.59 bits per heavy atom. The topological polar surface area (TPSA) is 114 Å². The highest BCUT2D eigenvalue weighted by Crippen LogP contribution is 2.29. The summed E-state index contributed by atoms with van der Waals surface area (Å²) in [6.45, 7) is 1.83. The molecule has 0 saturated carbocycles. The van der Waals surface area contributed by atoms with Crippen LogP contribution in [0.5, 0.6) is 5.75 Å². The Hall–Kier alpha value is -4.26. The Bertz CT molecular complexity index is 1080. The molecule has 164 valence electrons. The highest BCUT2D eigenvalue weighted by Gasteiger charge is 2.22. The molecule has 3 rings (SSSR count). The van der Waals surface area contributed by atoms with Crippen LogP contribution < -0.4 is 16.4 Å². The van der Waals surface area contributed by atoms with E-state index in [-0.39, 0.29) is 17.6 Å². The molecule has 0 saturated heterocycles. The van der Waals surface area contributed by atoms with Crippen molar-refractivity contribution in [2.24, 2.45) is 5.92 Å². The van der Waals surface area contributed by atoms with Crippen LogP contribution in [0.25, 0.3) is 0 Å². The second-order valence-corrected chi connectivity index (χ2v) is 7.20. The molecule has 0 radical (unpaired) electrons. The van der Waals surface area contributed by atoms with Gasteiger partial charge in [0.25, 0.3) is 0 Å². The maximum Gasteiger partial charge on any atom is 0.412 e. The van der Waals surface area contributed by atoms with Crippen molar-refractivity contribution in [1.82, 2.24) is 0 Å². The Morgan fingerprint density at radius 1 is 0.938 bits per heavy atom. The smallest absolute Gasteiger partial charge is 0.412 e. The SMILES string of the molecule is C[C@@H](/C=C/C(=O)Nc1ccccc1N)[C@H](OC(=O)Nc1ccccc1)c1ccc(O)cc1. The zero-order chi connectivity index (χ0) is 22.9. The van der Waals surface area contributed by atoms with Crippen LogP contribution in [-0.4, -0.2) is 17.1 Å². The number of benzene rings is 3. The molecule has 3 aromatic carbocycles. The molecule has 0 aliphatic heterocycles. The number of carbonyl (C=O) groups is 2. The number of hydrogen-bond donors (Lipinski definition) is 4. The highest BCUT2D eigenvalue weighted by atomic mass is 16.6.